The van der Waals surface area contributed by atoms with E-state index in [1.54, 1.807) is 15.6 Å². The van der Waals surface area contributed by atoms with E-state index in [0.29, 0.717) is 18.7 Å². The fourth-order valence-corrected chi connectivity index (χ4v) is 3.27. The molecule has 0 bridgehead atoms. The molecule has 3 aromatic rings. The molecule has 1 saturated heterocycles. The molecule has 1 aliphatic heterocycles. The molecule has 7 nitrogen and oxygen atoms in total. The molecule has 0 atom stereocenters. The second-order valence-electron chi connectivity index (χ2n) is 6.17. The number of hydrogen-bond donors (Lipinski definition) is 2. The van der Waals surface area contributed by atoms with Crippen LogP contribution in [0, 0.1) is 0 Å². The van der Waals surface area contributed by atoms with Crippen LogP contribution in [0.3, 0.4) is 0 Å². The fourth-order valence-electron chi connectivity index (χ4n) is 3.27. The second-order valence-corrected chi connectivity index (χ2v) is 6.17. The van der Waals surface area contributed by atoms with Crippen molar-refractivity contribution in [1.82, 2.24) is 24.9 Å². The van der Waals surface area contributed by atoms with Crippen molar-refractivity contribution in [1.29, 1.82) is 0 Å². The second kappa shape index (κ2) is 7.72. The van der Waals surface area contributed by atoms with Gasteiger partial charge < -0.3 is 10.6 Å². The van der Waals surface area contributed by atoms with E-state index in [2.05, 4.69) is 20.8 Å². The maximum absolute atomic E-state index is 13.1. The van der Waals surface area contributed by atoms with Crippen molar-refractivity contribution in [3.05, 3.63) is 61.1 Å². The van der Waals surface area contributed by atoms with Crippen LogP contribution in [0.1, 0.15) is 12.8 Å². The number of nitrogens with one attached hydrogen (secondary N) is 2. The molecule has 0 radical (unpaired) electrons. The predicted octanol–water partition coefficient (Wildman–Crippen LogP) is 2.21. The lowest BCUT2D eigenvalue weighted by Crippen LogP contribution is -2.52. The molecule has 2 N–H and O–H groups in total. The lowest BCUT2D eigenvalue weighted by Gasteiger charge is -2.36. The molecule has 0 aliphatic carbocycles. The number of amides is 1. The van der Waals surface area contributed by atoms with Crippen molar-refractivity contribution in [3.63, 3.8) is 0 Å². The highest BCUT2D eigenvalue weighted by Gasteiger charge is 2.42. The third kappa shape index (κ3) is 3.36. The highest BCUT2D eigenvalue weighted by atomic mass is 35.5. The smallest absolute Gasteiger partial charge is 0.253 e. The summed E-state index contributed by atoms with van der Waals surface area (Å²) in [5.41, 5.74) is 0.275. The Morgan fingerprint density at radius 3 is 2.54 bits per heavy atom. The third-order valence-electron chi connectivity index (χ3n) is 4.65. The molecule has 1 amide bonds. The fraction of sp³-hybridized carbons (Fsp3) is 0.278. The van der Waals surface area contributed by atoms with E-state index in [1.165, 1.54) is 0 Å². The number of carbonyl (C=O) groups excluding carboxylic acids is 1. The van der Waals surface area contributed by atoms with Gasteiger partial charge in [-0.05, 0) is 44.1 Å². The molecule has 0 saturated carbocycles. The molecule has 1 fully saturated rings. The molecule has 1 aromatic carbocycles. The zero-order valence-corrected chi connectivity index (χ0v) is 15.0. The summed E-state index contributed by atoms with van der Waals surface area (Å²) in [7, 11) is 0. The number of piperidine rings is 1. The van der Waals surface area contributed by atoms with Gasteiger partial charge in [0, 0.05) is 24.7 Å². The average molecular weight is 373 g/mol. The summed E-state index contributed by atoms with van der Waals surface area (Å²) in [5, 5.41) is 15.1. The first-order valence-corrected chi connectivity index (χ1v) is 8.41. The van der Waals surface area contributed by atoms with Gasteiger partial charge in [-0.25, -0.2) is 4.68 Å². The Kier molecular flexibility index (Phi) is 5.39. The average Bonchev–Trinajstić information content (AvgIpc) is 3.35. The van der Waals surface area contributed by atoms with E-state index in [9.17, 15) is 4.79 Å². The number of para-hydroxylation sites is 1. The Balaban J connectivity index is 0.00000196. The van der Waals surface area contributed by atoms with Crippen LogP contribution in [0.5, 0.6) is 0 Å². The van der Waals surface area contributed by atoms with E-state index >= 15 is 0 Å². The zero-order valence-electron chi connectivity index (χ0n) is 14.2. The van der Waals surface area contributed by atoms with E-state index in [1.807, 2.05) is 54.9 Å². The van der Waals surface area contributed by atoms with Crippen molar-refractivity contribution in [3.8, 4) is 5.69 Å². The molecule has 0 unspecified atom stereocenters. The molecule has 2 aromatic heterocycles. The zero-order chi connectivity index (χ0) is 17.1. The maximum atomic E-state index is 13.1. The van der Waals surface area contributed by atoms with E-state index in [0.717, 1.165) is 18.8 Å². The van der Waals surface area contributed by atoms with Crippen molar-refractivity contribution in [2.75, 3.05) is 18.4 Å². The molecule has 8 heteroatoms. The molecular formula is C18H21ClN6O. The summed E-state index contributed by atoms with van der Waals surface area (Å²) in [6, 6.07) is 13.5. The Bertz CT molecular complexity index is 840. The van der Waals surface area contributed by atoms with E-state index in [4.69, 9.17) is 0 Å². The Labute approximate surface area is 157 Å². The van der Waals surface area contributed by atoms with Crippen molar-refractivity contribution in [2.24, 2.45) is 0 Å². The van der Waals surface area contributed by atoms with Crippen LogP contribution in [-0.2, 0) is 10.3 Å². The SMILES string of the molecule is Cl.O=C(Nc1ccn(-c2ccccc2)n1)C1(n2cccn2)CCNCC1. The summed E-state index contributed by atoms with van der Waals surface area (Å²) in [6.45, 7) is 1.57. The normalized spacial score (nSPS) is 15.8. The van der Waals surface area contributed by atoms with Crippen LogP contribution in [0.25, 0.3) is 5.69 Å². The summed E-state index contributed by atoms with van der Waals surface area (Å²) in [5.74, 6) is 0.468. The highest BCUT2D eigenvalue weighted by molar-refractivity contribution is 5.96. The van der Waals surface area contributed by atoms with E-state index in [-0.39, 0.29) is 18.3 Å². The Morgan fingerprint density at radius 2 is 1.85 bits per heavy atom. The minimum absolute atomic E-state index is 0. The topological polar surface area (TPSA) is 76.8 Å². The van der Waals surface area contributed by atoms with Crippen LogP contribution in [-0.4, -0.2) is 38.6 Å². The first kappa shape index (κ1) is 18.2. The van der Waals surface area contributed by atoms with Gasteiger partial charge >= 0.3 is 0 Å². The number of hydrogen-bond acceptors (Lipinski definition) is 4. The van der Waals surface area contributed by atoms with Gasteiger partial charge in [-0.3, -0.25) is 9.48 Å². The quantitative estimate of drug-likeness (QED) is 0.736. The monoisotopic (exact) mass is 372 g/mol. The standard InChI is InChI=1S/C18H20N6O.ClH/c25-17(18(8-11-19-12-9-18)24-13-4-10-20-24)21-16-7-14-23(22-16)15-5-2-1-3-6-15;/h1-7,10,13-14,19H,8-9,11-12H2,(H,21,22,25);1H. The minimum atomic E-state index is -0.675. The van der Waals surface area contributed by atoms with Gasteiger partial charge in [0.1, 0.15) is 5.54 Å². The van der Waals surface area contributed by atoms with Crippen molar-refractivity contribution >= 4 is 24.1 Å². The first-order chi connectivity index (χ1) is 12.3. The molecular weight excluding hydrogens is 352 g/mol. The van der Waals surface area contributed by atoms with Gasteiger partial charge in [-0.1, -0.05) is 18.2 Å². The molecule has 4 rings (SSSR count). The largest absolute Gasteiger partial charge is 0.317 e. The minimum Gasteiger partial charge on any atom is -0.317 e. The number of halogens is 1. The summed E-state index contributed by atoms with van der Waals surface area (Å²) in [6.07, 6.45) is 6.79. The third-order valence-corrected chi connectivity index (χ3v) is 4.65. The van der Waals surface area contributed by atoms with Crippen LogP contribution in [0.4, 0.5) is 5.82 Å². The number of carbonyl (C=O) groups is 1. The number of anilines is 1. The van der Waals surface area contributed by atoms with Crippen LogP contribution < -0.4 is 10.6 Å². The van der Waals surface area contributed by atoms with Gasteiger partial charge in [0.2, 0.25) is 0 Å². The first-order valence-electron chi connectivity index (χ1n) is 8.41. The summed E-state index contributed by atoms with van der Waals surface area (Å²) >= 11 is 0. The Morgan fingerprint density at radius 1 is 1.08 bits per heavy atom. The van der Waals surface area contributed by atoms with Crippen molar-refractivity contribution in [2.45, 2.75) is 18.4 Å². The maximum Gasteiger partial charge on any atom is 0.253 e. The number of benzene rings is 1. The molecule has 1 aliphatic rings. The molecule has 26 heavy (non-hydrogen) atoms. The number of aromatic nitrogens is 4. The molecule has 0 spiro atoms. The van der Waals surface area contributed by atoms with Gasteiger partial charge in [0.25, 0.3) is 5.91 Å². The Hall–Kier alpha value is -2.64. The lowest BCUT2D eigenvalue weighted by atomic mass is 9.87. The van der Waals surface area contributed by atoms with Gasteiger partial charge in [0.05, 0.1) is 5.69 Å². The summed E-state index contributed by atoms with van der Waals surface area (Å²) in [4.78, 5) is 13.1. The summed E-state index contributed by atoms with van der Waals surface area (Å²) < 4.78 is 3.52. The molecule has 3 heterocycles. The predicted molar refractivity (Wildman–Crippen MR) is 102 cm³/mol. The van der Waals surface area contributed by atoms with Gasteiger partial charge in [0.15, 0.2) is 5.82 Å². The van der Waals surface area contributed by atoms with Crippen molar-refractivity contribution < 1.29 is 4.79 Å². The molecule has 136 valence electrons. The highest BCUT2D eigenvalue weighted by Crippen LogP contribution is 2.28. The lowest BCUT2D eigenvalue weighted by molar-refractivity contribution is -0.126. The van der Waals surface area contributed by atoms with Gasteiger partial charge in [-0.2, -0.15) is 10.2 Å². The van der Waals surface area contributed by atoms with Gasteiger partial charge in [-0.15, -0.1) is 12.4 Å². The van der Waals surface area contributed by atoms with Crippen LogP contribution in [0.2, 0.25) is 0 Å². The number of nitrogens with zero attached hydrogens (tertiary/aromatic N) is 4. The van der Waals surface area contributed by atoms with Crippen LogP contribution in [0.15, 0.2) is 61.1 Å². The van der Waals surface area contributed by atoms with Crippen LogP contribution >= 0.6 is 12.4 Å². The number of rotatable bonds is 4. The van der Waals surface area contributed by atoms with E-state index < -0.39 is 5.54 Å².